The number of rotatable bonds is 5. The van der Waals surface area contributed by atoms with Crippen molar-refractivity contribution in [3.63, 3.8) is 0 Å². The zero-order valence-electron chi connectivity index (χ0n) is 14.7. The van der Waals surface area contributed by atoms with Gasteiger partial charge in [-0.15, -0.1) is 0 Å². The lowest BCUT2D eigenvalue weighted by Gasteiger charge is -2.16. The van der Waals surface area contributed by atoms with Crippen LogP contribution in [0.2, 0.25) is 5.02 Å². The first-order valence-electron chi connectivity index (χ1n) is 7.87. The van der Waals surface area contributed by atoms with Crippen LogP contribution in [0.15, 0.2) is 28.8 Å². The van der Waals surface area contributed by atoms with E-state index in [1.807, 2.05) is 13.8 Å². The molecule has 2 amide bonds. The van der Waals surface area contributed by atoms with Crippen molar-refractivity contribution in [2.24, 2.45) is 0 Å². The number of nitrogens with one attached hydrogen (secondary N) is 1. The molecular weight excluding hydrogens is 387 g/mol. The summed E-state index contributed by atoms with van der Waals surface area (Å²) < 4.78 is 43.5. The van der Waals surface area contributed by atoms with E-state index in [9.17, 15) is 22.8 Å². The molecular formula is C17H17ClF3N3O3. The summed E-state index contributed by atoms with van der Waals surface area (Å²) in [5.41, 5.74) is -0.550. The second kappa shape index (κ2) is 7.99. The van der Waals surface area contributed by atoms with Crippen molar-refractivity contribution in [2.75, 3.05) is 18.9 Å². The van der Waals surface area contributed by atoms with Crippen LogP contribution >= 0.6 is 11.6 Å². The number of amides is 2. The van der Waals surface area contributed by atoms with Crippen LogP contribution in [0.3, 0.4) is 0 Å². The van der Waals surface area contributed by atoms with Gasteiger partial charge < -0.3 is 14.7 Å². The Bertz CT molecular complexity index is 849. The van der Waals surface area contributed by atoms with Crippen molar-refractivity contribution in [2.45, 2.75) is 25.9 Å². The Hall–Kier alpha value is -2.55. The Morgan fingerprint density at radius 1 is 1.30 bits per heavy atom. The van der Waals surface area contributed by atoms with Crippen LogP contribution in [0, 0.1) is 0 Å². The summed E-state index contributed by atoms with van der Waals surface area (Å²) in [7, 11) is 1.36. The maximum atomic E-state index is 12.9. The molecule has 0 aliphatic heterocycles. The molecule has 0 aliphatic carbocycles. The van der Waals surface area contributed by atoms with Crippen molar-refractivity contribution in [3.8, 4) is 0 Å². The van der Waals surface area contributed by atoms with Crippen LogP contribution in [0.1, 0.15) is 41.6 Å². The molecule has 1 N–H and O–H groups in total. The van der Waals surface area contributed by atoms with Gasteiger partial charge >= 0.3 is 6.18 Å². The topological polar surface area (TPSA) is 75.4 Å². The van der Waals surface area contributed by atoms with E-state index in [4.69, 9.17) is 16.1 Å². The van der Waals surface area contributed by atoms with E-state index < -0.39 is 28.6 Å². The minimum absolute atomic E-state index is 0.0279. The molecule has 0 aliphatic rings. The monoisotopic (exact) mass is 403 g/mol. The van der Waals surface area contributed by atoms with E-state index in [0.717, 1.165) is 17.0 Å². The van der Waals surface area contributed by atoms with E-state index >= 15 is 0 Å². The van der Waals surface area contributed by atoms with E-state index in [0.29, 0.717) is 5.69 Å². The van der Waals surface area contributed by atoms with E-state index in [1.54, 1.807) is 0 Å². The average Bonchev–Trinajstić information content (AvgIpc) is 3.05. The average molecular weight is 404 g/mol. The molecule has 0 fully saturated rings. The van der Waals surface area contributed by atoms with Crippen molar-refractivity contribution in [1.82, 2.24) is 10.1 Å². The molecule has 27 heavy (non-hydrogen) atoms. The minimum atomic E-state index is -4.65. The lowest BCUT2D eigenvalue weighted by atomic mass is 10.1. The number of anilines is 1. The lowest BCUT2D eigenvalue weighted by Crippen LogP contribution is -2.34. The fourth-order valence-corrected chi connectivity index (χ4v) is 2.38. The van der Waals surface area contributed by atoms with Crippen molar-refractivity contribution in [1.29, 1.82) is 0 Å². The van der Waals surface area contributed by atoms with Crippen LogP contribution in [0.25, 0.3) is 0 Å². The number of halogens is 4. The number of carbonyl (C=O) groups excluding carboxylic acids is 2. The molecule has 2 rings (SSSR count). The fourth-order valence-electron chi connectivity index (χ4n) is 2.16. The molecule has 2 aromatic rings. The summed E-state index contributed by atoms with van der Waals surface area (Å²) in [5.74, 6) is -1.21. The van der Waals surface area contributed by atoms with Crippen LogP contribution in [0.4, 0.5) is 18.9 Å². The second-order valence-electron chi connectivity index (χ2n) is 6.17. The molecule has 1 aromatic carbocycles. The number of hydrogen-bond donors (Lipinski definition) is 1. The quantitative estimate of drug-likeness (QED) is 0.812. The Kier molecular flexibility index (Phi) is 6.15. The first-order chi connectivity index (χ1) is 12.5. The van der Waals surface area contributed by atoms with Crippen LogP contribution in [0.5, 0.6) is 0 Å². The predicted molar refractivity (Wildman–Crippen MR) is 92.6 cm³/mol. The molecule has 10 heteroatoms. The third-order valence-corrected chi connectivity index (χ3v) is 3.94. The first-order valence-corrected chi connectivity index (χ1v) is 8.25. The van der Waals surface area contributed by atoms with Gasteiger partial charge in [0.1, 0.15) is 0 Å². The molecule has 0 radical (unpaired) electrons. The molecule has 1 aromatic heterocycles. The largest absolute Gasteiger partial charge is 0.417 e. The Balaban J connectivity index is 2.03. The van der Waals surface area contributed by atoms with Gasteiger partial charge in [-0.05, 0) is 24.1 Å². The van der Waals surface area contributed by atoms with Gasteiger partial charge in [-0.2, -0.15) is 13.2 Å². The third kappa shape index (κ3) is 5.22. The fraction of sp³-hybridized carbons (Fsp3) is 0.353. The smallest absolute Gasteiger partial charge is 0.351 e. The number of likely N-dealkylation sites (N-methyl/N-ethyl adjacent to an activating group) is 1. The van der Waals surface area contributed by atoms with Crippen molar-refractivity contribution in [3.05, 3.63) is 46.3 Å². The maximum Gasteiger partial charge on any atom is 0.417 e. The summed E-state index contributed by atoms with van der Waals surface area (Å²) in [6.45, 7) is 3.37. The number of benzene rings is 1. The number of nitrogens with zero attached hydrogens (tertiary/aromatic N) is 2. The summed E-state index contributed by atoms with van der Waals surface area (Å²) in [5, 5.41) is 5.60. The zero-order chi connectivity index (χ0) is 20.4. The standard InChI is InChI=1S/C17H17ClF3N3O3/c1-9(2)13-7-14(27-23-13)16(26)24(3)8-15(25)22-10-4-5-12(18)11(6-10)17(19,20)21/h4-7,9H,8H2,1-3H3,(H,22,25). The molecule has 146 valence electrons. The molecule has 0 atom stereocenters. The van der Waals surface area contributed by atoms with Gasteiger partial charge in [0.2, 0.25) is 11.7 Å². The van der Waals surface area contributed by atoms with Gasteiger partial charge in [0.05, 0.1) is 22.8 Å². The molecule has 0 saturated heterocycles. The molecule has 0 spiro atoms. The number of alkyl halides is 3. The summed E-state index contributed by atoms with van der Waals surface area (Å²) >= 11 is 5.53. The first kappa shape index (κ1) is 20.8. The maximum absolute atomic E-state index is 12.9. The molecule has 6 nitrogen and oxygen atoms in total. The second-order valence-corrected chi connectivity index (χ2v) is 6.58. The Morgan fingerprint density at radius 3 is 2.52 bits per heavy atom. The molecule has 0 bridgehead atoms. The summed E-state index contributed by atoms with van der Waals surface area (Å²) in [6.07, 6.45) is -4.65. The lowest BCUT2D eigenvalue weighted by molar-refractivity contribution is -0.137. The SMILES string of the molecule is CC(C)c1cc(C(=O)N(C)CC(=O)Nc2ccc(Cl)c(C(F)(F)F)c2)on1. The minimum Gasteiger partial charge on any atom is -0.351 e. The van der Waals surface area contributed by atoms with Crippen molar-refractivity contribution >= 4 is 29.1 Å². The molecule has 0 saturated carbocycles. The molecule has 0 unspecified atom stereocenters. The van der Waals surface area contributed by atoms with Gasteiger partial charge in [0.15, 0.2) is 0 Å². The highest BCUT2D eigenvalue weighted by molar-refractivity contribution is 6.31. The van der Waals surface area contributed by atoms with Gasteiger partial charge in [-0.3, -0.25) is 9.59 Å². The van der Waals surface area contributed by atoms with E-state index in [-0.39, 0.29) is 23.9 Å². The van der Waals surface area contributed by atoms with Gasteiger partial charge in [0.25, 0.3) is 5.91 Å². The van der Waals surface area contributed by atoms with Gasteiger partial charge in [0, 0.05) is 18.8 Å². The number of hydrogen-bond acceptors (Lipinski definition) is 4. The highest BCUT2D eigenvalue weighted by Crippen LogP contribution is 2.36. The summed E-state index contributed by atoms with van der Waals surface area (Å²) in [6, 6.07) is 4.49. The number of carbonyl (C=O) groups is 2. The zero-order valence-corrected chi connectivity index (χ0v) is 15.5. The van der Waals surface area contributed by atoms with E-state index in [2.05, 4.69) is 10.5 Å². The Labute approximate surface area is 158 Å². The highest BCUT2D eigenvalue weighted by atomic mass is 35.5. The molecule has 1 heterocycles. The van der Waals surface area contributed by atoms with Crippen LogP contribution < -0.4 is 5.32 Å². The normalized spacial score (nSPS) is 11.6. The van der Waals surface area contributed by atoms with Crippen LogP contribution in [-0.2, 0) is 11.0 Å². The third-order valence-electron chi connectivity index (χ3n) is 3.61. The van der Waals surface area contributed by atoms with Gasteiger partial charge in [-0.1, -0.05) is 30.6 Å². The number of aromatic nitrogens is 1. The predicted octanol–water partition coefficient (Wildman–Crippen LogP) is 4.18. The van der Waals surface area contributed by atoms with Crippen molar-refractivity contribution < 1.29 is 27.3 Å². The highest BCUT2D eigenvalue weighted by Gasteiger charge is 2.33. The van der Waals surface area contributed by atoms with Gasteiger partial charge in [-0.25, -0.2) is 0 Å². The van der Waals surface area contributed by atoms with Crippen LogP contribution in [-0.4, -0.2) is 35.5 Å². The summed E-state index contributed by atoms with van der Waals surface area (Å²) in [4.78, 5) is 25.4. The van der Waals surface area contributed by atoms with E-state index in [1.165, 1.54) is 19.2 Å². The Morgan fingerprint density at radius 2 is 1.96 bits per heavy atom.